The summed E-state index contributed by atoms with van der Waals surface area (Å²) in [6, 6.07) is 14.2. The van der Waals surface area contributed by atoms with Crippen molar-refractivity contribution < 1.29 is 24.5 Å². The van der Waals surface area contributed by atoms with Gasteiger partial charge in [0.05, 0.1) is 18.5 Å². The number of carbonyl (C=O) groups is 2. The summed E-state index contributed by atoms with van der Waals surface area (Å²) in [6.07, 6.45) is 1.68. The number of aromatic nitrogens is 1. The first kappa shape index (κ1) is 17.7. The minimum absolute atomic E-state index is 0.00333. The smallest absolute Gasteiger partial charge is 0.339 e. The number of benzene rings is 2. The van der Waals surface area contributed by atoms with Gasteiger partial charge in [0, 0.05) is 24.2 Å². The molecular weight excluding hydrogens is 360 g/mol. The number of carboxylic acids is 1. The Kier molecular flexibility index (Phi) is 4.27. The number of methoxy groups -OCH3 is 1. The highest BCUT2D eigenvalue weighted by molar-refractivity contribution is 6.04. The Bertz CT molecular complexity index is 1070. The molecular formula is C21H18N2O5. The standard InChI is InChI=1S/C21H18N2O5/c1-28-17-9-12(7-8-16(17)24)14-10-18(25)22-19-15(21(26)27)11-23(20(14)19)13-5-3-2-4-6-13/h2-9,11,14,24H,10H2,1H3,(H,22,25)(H,26,27)/t14-/m0/s1. The molecule has 0 unspecified atom stereocenters. The number of hydrogen-bond donors (Lipinski definition) is 3. The van der Waals surface area contributed by atoms with Gasteiger partial charge in [0.15, 0.2) is 11.5 Å². The number of amides is 1. The number of phenols is 1. The van der Waals surface area contributed by atoms with Gasteiger partial charge in [-0.1, -0.05) is 24.3 Å². The Hall–Kier alpha value is -3.74. The molecule has 0 bridgehead atoms. The van der Waals surface area contributed by atoms with Crippen LogP contribution in [0.1, 0.15) is 34.0 Å². The van der Waals surface area contributed by atoms with Crippen molar-refractivity contribution in [3.63, 3.8) is 0 Å². The molecule has 1 atom stereocenters. The van der Waals surface area contributed by atoms with Gasteiger partial charge in [0.1, 0.15) is 5.56 Å². The van der Waals surface area contributed by atoms with E-state index in [-0.39, 0.29) is 23.6 Å². The first-order chi connectivity index (χ1) is 13.5. The van der Waals surface area contributed by atoms with Crippen molar-refractivity contribution in [3.8, 4) is 17.2 Å². The molecule has 3 N–H and O–H groups in total. The number of carboxylic acid groups (broad SMARTS) is 1. The van der Waals surface area contributed by atoms with Crippen LogP contribution in [0.25, 0.3) is 5.69 Å². The van der Waals surface area contributed by atoms with Gasteiger partial charge in [-0.05, 0) is 29.8 Å². The van der Waals surface area contributed by atoms with Crippen LogP contribution in [0.4, 0.5) is 5.69 Å². The molecule has 28 heavy (non-hydrogen) atoms. The maximum Gasteiger partial charge on any atom is 0.339 e. The van der Waals surface area contributed by atoms with Crippen LogP contribution in [-0.2, 0) is 4.79 Å². The molecule has 0 fully saturated rings. The number of aromatic hydroxyl groups is 1. The second-order valence-electron chi connectivity index (χ2n) is 6.55. The topological polar surface area (TPSA) is 101 Å². The molecule has 1 amide bonds. The molecule has 1 aliphatic rings. The second kappa shape index (κ2) is 6.77. The largest absolute Gasteiger partial charge is 0.504 e. The number of fused-ring (bicyclic) bond motifs is 1. The maximum atomic E-state index is 12.4. The quantitative estimate of drug-likeness (QED) is 0.646. The predicted molar refractivity (Wildman–Crippen MR) is 102 cm³/mol. The summed E-state index contributed by atoms with van der Waals surface area (Å²) in [5.74, 6) is -1.49. The third kappa shape index (κ3) is 2.87. The van der Waals surface area contributed by atoms with Crippen molar-refractivity contribution in [1.29, 1.82) is 0 Å². The molecule has 1 aliphatic heterocycles. The Morgan fingerprint density at radius 2 is 1.96 bits per heavy atom. The molecule has 0 aliphatic carbocycles. The molecule has 4 rings (SSSR count). The van der Waals surface area contributed by atoms with Crippen LogP contribution in [0.3, 0.4) is 0 Å². The average molecular weight is 378 g/mol. The highest BCUT2D eigenvalue weighted by Gasteiger charge is 2.34. The Morgan fingerprint density at radius 1 is 1.21 bits per heavy atom. The zero-order valence-corrected chi connectivity index (χ0v) is 15.0. The number of aromatic carboxylic acids is 1. The summed E-state index contributed by atoms with van der Waals surface area (Å²) in [5.41, 5.74) is 2.54. The van der Waals surface area contributed by atoms with Gasteiger partial charge in [-0.3, -0.25) is 4.79 Å². The van der Waals surface area contributed by atoms with Gasteiger partial charge in [0.2, 0.25) is 5.91 Å². The van der Waals surface area contributed by atoms with E-state index in [0.717, 1.165) is 11.3 Å². The van der Waals surface area contributed by atoms with Crippen molar-refractivity contribution in [2.75, 3.05) is 12.4 Å². The number of anilines is 1. The van der Waals surface area contributed by atoms with Gasteiger partial charge in [-0.2, -0.15) is 0 Å². The summed E-state index contributed by atoms with van der Waals surface area (Å²) >= 11 is 0. The molecule has 0 spiro atoms. The number of nitrogens with zero attached hydrogens (tertiary/aromatic N) is 1. The van der Waals surface area contributed by atoms with E-state index in [2.05, 4.69) is 5.32 Å². The lowest BCUT2D eigenvalue weighted by Crippen LogP contribution is -2.25. The Labute approximate surface area is 160 Å². The van der Waals surface area contributed by atoms with Crippen molar-refractivity contribution in [1.82, 2.24) is 4.57 Å². The van der Waals surface area contributed by atoms with E-state index in [1.807, 2.05) is 30.3 Å². The molecule has 142 valence electrons. The van der Waals surface area contributed by atoms with Gasteiger partial charge >= 0.3 is 5.97 Å². The molecule has 2 heterocycles. The number of ether oxygens (including phenoxy) is 1. The average Bonchev–Trinajstić information content (AvgIpc) is 3.08. The van der Waals surface area contributed by atoms with Crippen LogP contribution in [0.2, 0.25) is 0 Å². The summed E-state index contributed by atoms with van der Waals surface area (Å²) in [5, 5.41) is 22.3. The predicted octanol–water partition coefficient (Wildman–Crippen LogP) is 3.36. The van der Waals surface area contributed by atoms with E-state index >= 15 is 0 Å². The van der Waals surface area contributed by atoms with E-state index in [1.54, 1.807) is 16.7 Å². The lowest BCUT2D eigenvalue weighted by atomic mass is 9.88. The molecule has 0 saturated carbocycles. The minimum atomic E-state index is -1.12. The summed E-state index contributed by atoms with van der Waals surface area (Å²) in [7, 11) is 1.45. The normalized spacial score (nSPS) is 15.6. The van der Waals surface area contributed by atoms with Gasteiger partial charge < -0.3 is 24.8 Å². The first-order valence-corrected chi connectivity index (χ1v) is 8.70. The third-order valence-corrected chi connectivity index (χ3v) is 4.90. The molecule has 1 aromatic heterocycles. The number of nitrogens with one attached hydrogen (secondary N) is 1. The summed E-state index contributed by atoms with van der Waals surface area (Å²) in [4.78, 5) is 24.2. The Morgan fingerprint density at radius 3 is 2.64 bits per heavy atom. The van der Waals surface area contributed by atoms with Gasteiger partial charge in [-0.15, -0.1) is 0 Å². The van der Waals surface area contributed by atoms with Crippen LogP contribution in [0, 0.1) is 0 Å². The van der Waals surface area contributed by atoms with E-state index in [1.165, 1.54) is 19.4 Å². The zero-order chi connectivity index (χ0) is 19.8. The van der Waals surface area contributed by atoms with Crippen LogP contribution < -0.4 is 10.1 Å². The van der Waals surface area contributed by atoms with Crippen molar-refractivity contribution in [3.05, 3.63) is 71.5 Å². The highest BCUT2D eigenvalue weighted by atomic mass is 16.5. The van der Waals surface area contributed by atoms with Crippen LogP contribution in [0.5, 0.6) is 11.5 Å². The zero-order valence-electron chi connectivity index (χ0n) is 15.0. The number of carbonyl (C=O) groups excluding carboxylic acids is 1. The fraction of sp³-hybridized carbons (Fsp3) is 0.143. The summed E-state index contributed by atoms with van der Waals surface area (Å²) < 4.78 is 6.99. The van der Waals surface area contributed by atoms with E-state index in [9.17, 15) is 19.8 Å². The van der Waals surface area contributed by atoms with Crippen LogP contribution >= 0.6 is 0 Å². The molecule has 7 heteroatoms. The minimum Gasteiger partial charge on any atom is -0.504 e. The van der Waals surface area contributed by atoms with Gasteiger partial charge in [0.25, 0.3) is 0 Å². The van der Waals surface area contributed by atoms with Crippen molar-refractivity contribution >= 4 is 17.6 Å². The monoisotopic (exact) mass is 378 g/mol. The number of phenolic OH excluding ortho intramolecular Hbond substituents is 1. The van der Waals surface area contributed by atoms with Crippen molar-refractivity contribution in [2.45, 2.75) is 12.3 Å². The fourth-order valence-electron chi connectivity index (χ4n) is 3.62. The van der Waals surface area contributed by atoms with Crippen LogP contribution in [0.15, 0.2) is 54.7 Å². The fourth-order valence-corrected chi connectivity index (χ4v) is 3.62. The first-order valence-electron chi connectivity index (χ1n) is 8.70. The van der Waals surface area contributed by atoms with Gasteiger partial charge in [-0.25, -0.2) is 4.79 Å². The Balaban J connectivity index is 1.96. The molecule has 2 aromatic carbocycles. The molecule has 7 nitrogen and oxygen atoms in total. The van der Waals surface area contributed by atoms with Crippen LogP contribution in [-0.4, -0.2) is 33.8 Å². The lowest BCUT2D eigenvalue weighted by Gasteiger charge is -2.26. The molecule has 0 radical (unpaired) electrons. The molecule has 3 aromatic rings. The number of para-hydroxylation sites is 1. The number of rotatable bonds is 4. The van der Waals surface area contributed by atoms with E-state index in [4.69, 9.17) is 4.74 Å². The lowest BCUT2D eigenvalue weighted by molar-refractivity contribution is -0.116. The van der Waals surface area contributed by atoms with E-state index < -0.39 is 11.9 Å². The summed E-state index contributed by atoms with van der Waals surface area (Å²) in [6.45, 7) is 0. The SMILES string of the molecule is COc1cc([C@@H]2CC(=O)Nc3c(C(=O)O)cn(-c4ccccc4)c32)ccc1O. The number of hydrogen-bond acceptors (Lipinski definition) is 4. The van der Waals surface area contributed by atoms with Crippen molar-refractivity contribution in [2.24, 2.45) is 0 Å². The maximum absolute atomic E-state index is 12.4. The second-order valence-corrected chi connectivity index (χ2v) is 6.55. The van der Waals surface area contributed by atoms with E-state index in [0.29, 0.717) is 17.1 Å². The molecule has 0 saturated heterocycles. The highest BCUT2D eigenvalue weighted by Crippen LogP contribution is 2.43. The third-order valence-electron chi connectivity index (χ3n) is 4.90.